The third-order valence-electron chi connectivity index (χ3n) is 3.08. The molecular weight excluding hydrogens is 254 g/mol. The molecule has 0 radical (unpaired) electrons. The molecule has 1 aliphatic heterocycles. The minimum absolute atomic E-state index is 0.0470. The van der Waals surface area contributed by atoms with Crippen molar-refractivity contribution in [2.24, 2.45) is 0 Å². The zero-order valence-corrected chi connectivity index (χ0v) is 11.8. The first kappa shape index (κ1) is 14.4. The Labute approximate surface area is 119 Å². The van der Waals surface area contributed by atoms with Gasteiger partial charge in [0.2, 0.25) is 5.91 Å². The number of hydrogen-bond donors (Lipinski definition) is 3. The quantitative estimate of drug-likeness (QED) is 0.422. The smallest absolute Gasteiger partial charge is 0.224 e. The Morgan fingerprint density at radius 3 is 3.05 bits per heavy atom. The van der Waals surface area contributed by atoms with Gasteiger partial charge in [0.15, 0.2) is 0 Å². The third kappa shape index (κ3) is 3.74. The molecule has 0 saturated carbocycles. The van der Waals surface area contributed by atoms with E-state index in [0.29, 0.717) is 31.9 Å². The second kappa shape index (κ2) is 6.43. The molecule has 0 atom stereocenters. The van der Waals surface area contributed by atoms with Crippen molar-refractivity contribution in [3.05, 3.63) is 29.8 Å². The fraction of sp³-hybridized carbons (Fsp3) is 0.400. The van der Waals surface area contributed by atoms with E-state index in [1.54, 1.807) is 0 Å². The molecule has 1 aromatic rings. The average molecular weight is 275 g/mol. The molecule has 1 aromatic carbocycles. The molecule has 5 nitrogen and oxygen atoms in total. The number of hydrogen-bond acceptors (Lipinski definition) is 4. The van der Waals surface area contributed by atoms with Crippen LogP contribution in [0.2, 0.25) is 0 Å². The number of nitrogens with one attached hydrogen (secondary N) is 2. The minimum atomic E-state index is 0.0470. The number of nitrogens with two attached hydrogens (primary N) is 1. The van der Waals surface area contributed by atoms with Crippen LogP contribution in [-0.2, 0) is 16.0 Å². The van der Waals surface area contributed by atoms with Crippen LogP contribution in [-0.4, -0.2) is 25.7 Å². The number of anilines is 3. The molecule has 5 heteroatoms. The van der Waals surface area contributed by atoms with Gasteiger partial charge in [-0.1, -0.05) is 12.2 Å². The van der Waals surface area contributed by atoms with E-state index in [0.717, 1.165) is 28.9 Å². The van der Waals surface area contributed by atoms with Crippen LogP contribution >= 0.6 is 0 Å². The van der Waals surface area contributed by atoms with Crippen molar-refractivity contribution in [1.82, 2.24) is 0 Å². The van der Waals surface area contributed by atoms with Crippen LogP contribution in [0.1, 0.15) is 18.9 Å². The number of rotatable bonds is 6. The number of ether oxygens (including phenoxy) is 1. The summed E-state index contributed by atoms with van der Waals surface area (Å²) in [5.41, 5.74) is 10.4. The van der Waals surface area contributed by atoms with Crippen molar-refractivity contribution in [2.45, 2.75) is 19.8 Å². The number of aryl methyl sites for hydroxylation is 1. The van der Waals surface area contributed by atoms with Crippen molar-refractivity contribution >= 4 is 23.0 Å². The van der Waals surface area contributed by atoms with Gasteiger partial charge in [0.05, 0.1) is 24.6 Å². The maximum Gasteiger partial charge on any atom is 0.224 e. The molecule has 2 rings (SSSR count). The molecule has 0 aliphatic carbocycles. The van der Waals surface area contributed by atoms with E-state index in [1.807, 2.05) is 19.1 Å². The average Bonchev–Trinajstić information content (AvgIpc) is 2.38. The molecule has 0 aromatic heterocycles. The van der Waals surface area contributed by atoms with E-state index in [-0.39, 0.29) is 5.91 Å². The highest BCUT2D eigenvalue weighted by atomic mass is 16.5. The molecule has 0 saturated heterocycles. The Morgan fingerprint density at radius 2 is 2.30 bits per heavy atom. The summed E-state index contributed by atoms with van der Waals surface area (Å²) in [6.07, 6.45) is 1.28. The number of carbonyl (C=O) groups is 1. The van der Waals surface area contributed by atoms with E-state index in [4.69, 9.17) is 10.5 Å². The monoisotopic (exact) mass is 275 g/mol. The van der Waals surface area contributed by atoms with Gasteiger partial charge in [0.25, 0.3) is 0 Å². The summed E-state index contributed by atoms with van der Waals surface area (Å²) in [4.78, 5) is 11.3. The fourth-order valence-electron chi connectivity index (χ4n) is 2.10. The molecule has 20 heavy (non-hydrogen) atoms. The number of benzene rings is 1. The highest BCUT2D eigenvalue weighted by Crippen LogP contribution is 2.30. The summed E-state index contributed by atoms with van der Waals surface area (Å²) in [6, 6.07) is 3.81. The SMILES string of the molecule is C=C(C)COCCNc1cc2c(cc1N)NC(=O)CC2. The van der Waals surface area contributed by atoms with Crippen molar-refractivity contribution in [3.63, 3.8) is 0 Å². The first-order valence-electron chi connectivity index (χ1n) is 6.74. The summed E-state index contributed by atoms with van der Waals surface area (Å²) in [5, 5.41) is 6.09. The molecule has 0 spiro atoms. The van der Waals surface area contributed by atoms with Gasteiger partial charge >= 0.3 is 0 Å². The highest BCUT2D eigenvalue weighted by Gasteiger charge is 2.16. The molecule has 1 heterocycles. The molecule has 108 valence electrons. The number of carbonyl (C=O) groups excluding carboxylic acids is 1. The van der Waals surface area contributed by atoms with Gasteiger partial charge in [-0.05, 0) is 31.0 Å². The van der Waals surface area contributed by atoms with E-state index in [9.17, 15) is 4.79 Å². The van der Waals surface area contributed by atoms with Gasteiger partial charge in [-0.15, -0.1) is 0 Å². The van der Waals surface area contributed by atoms with Gasteiger partial charge in [0.1, 0.15) is 0 Å². The Hall–Kier alpha value is -2.01. The van der Waals surface area contributed by atoms with Gasteiger partial charge in [-0.3, -0.25) is 4.79 Å². The summed E-state index contributed by atoms with van der Waals surface area (Å²) < 4.78 is 5.42. The highest BCUT2D eigenvalue weighted by molar-refractivity contribution is 5.95. The number of fused-ring (bicyclic) bond motifs is 1. The van der Waals surface area contributed by atoms with E-state index >= 15 is 0 Å². The van der Waals surface area contributed by atoms with Crippen molar-refractivity contribution < 1.29 is 9.53 Å². The van der Waals surface area contributed by atoms with E-state index in [2.05, 4.69) is 17.2 Å². The molecule has 4 N–H and O–H groups in total. The van der Waals surface area contributed by atoms with Crippen LogP contribution in [0.15, 0.2) is 24.3 Å². The predicted molar refractivity (Wildman–Crippen MR) is 81.9 cm³/mol. The van der Waals surface area contributed by atoms with Crippen LogP contribution < -0.4 is 16.4 Å². The van der Waals surface area contributed by atoms with Crippen LogP contribution in [0.5, 0.6) is 0 Å². The Bertz CT molecular complexity index is 526. The first-order valence-corrected chi connectivity index (χ1v) is 6.74. The largest absolute Gasteiger partial charge is 0.397 e. The topological polar surface area (TPSA) is 76.4 Å². The second-order valence-corrected chi connectivity index (χ2v) is 5.08. The zero-order valence-electron chi connectivity index (χ0n) is 11.8. The molecule has 1 aliphatic rings. The van der Waals surface area contributed by atoms with Gasteiger partial charge < -0.3 is 21.1 Å². The van der Waals surface area contributed by atoms with Crippen LogP contribution in [0.4, 0.5) is 17.1 Å². The van der Waals surface area contributed by atoms with E-state index < -0.39 is 0 Å². The summed E-state index contributed by atoms with van der Waals surface area (Å²) in [6.45, 7) is 7.57. The van der Waals surface area contributed by atoms with Crippen molar-refractivity contribution in [2.75, 3.05) is 36.1 Å². The summed E-state index contributed by atoms with van der Waals surface area (Å²) in [7, 11) is 0. The molecular formula is C15H21N3O2. The number of nitrogen functional groups attached to an aromatic ring is 1. The maximum atomic E-state index is 11.3. The lowest BCUT2D eigenvalue weighted by Crippen LogP contribution is -2.20. The van der Waals surface area contributed by atoms with Crippen LogP contribution in [0.3, 0.4) is 0 Å². The van der Waals surface area contributed by atoms with E-state index in [1.165, 1.54) is 0 Å². The van der Waals surface area contributed by atoms with Gasteiger partial charge in [-0.25, -0.2) is 0 Å². The van der Waals surface area contributed by atoms with Crippen LogP contribution in [0, 0.1) is 0 Å². The third-order valence-corrected chi connectivity index (χ3v) is 3.08. The molecule has 0 unspecified atom stereocenters. The second-order valence-electron chi connectivity index (χ2n) is 5.08. The summed E-state index contributed by atoms with van der Waals surface area (Å²) >= 11 is 0. The maximum absolute atomic E-state index is 11.3. The lowest BCUT2D eigenvalue weighted by atomic mass is 10.0. The Balaban J connectivity index is 1.92. The lowest BCUT2D eigenvalue weighted by molar-refractivity contribution is -0.116. The molecule has 0 bridgehead atoms. The lowest BCUT2D eigenvalue weighted by Gasteiger charge is -2.19. The fourth-order valence-corrected chi connectivity index (χ4v) is 2.10. The Morgan fingerprint density at radius 1 is 1.50 bits per heavy atom. The van der Waals surface area contributed by atoms with Gasteiger partial charge in [-0.2, -0.15) is 0 Å². The first-order chi connectivity index (χ1) is 9.56. The normalized spacial score (nSPS) is 13.6. The Kier molecular flexibility index (Phi) is 4.63. The standard InChI is InChI=1S/C15H21N3O2/c1-10(2)9-20-6-5-17-14-7-11-3-4-15(19)18-13(11)8-12(14)16/h7-8,17H,1,3-6,9,16H2,2H3,(H,18,19). The minimum Gasteiger partial charge on any atom is -0.397 e. The molecule has 1 amide bonds. The predicted octanol–water partition coefficient (Wildman–Crippen LogP) is 2.16. The van der Waals surface area contributed by atoms with Crippen molar-refractivity contribution in [1.29, 1.82) is 0 Å². The van der Waals surface area contributed by atoms with Crippen molar-refractivity contribution in [3.8, 4) is 0 Å². The van der Waals surface area contributed by atoms with Gasteiger partial charge in [0, 0.05) is 18.7 Å². The molecule has 0 fully saturated rings. The van der Waals surface area contributed by atoms with Crippen LogP contribution in [0.25, 0.3) is 0 Å². The number of amides is 1. The zero-order chi connectivity index (χ0) is 14.5. The summed E-state index contributed by atoms with van der Waals surface area (Å²) in [5.74, 6) is 0.0470.